The van der Waals surface area contributed by atoms with Crippen LogP contribution >= 0.6 is 0 Å². The van der Waals surface area contributed by atoms with Crippen LogP contribution in [-0.4, -0.2) is 77.9 Å². The highest BCUT2D eigenvalue weighted by molar-refractivity contribution is 5.97. The Hall–Kier alpha value is -20.0. The number of hydrogen-bond donors (Lipinski definition) is 0. The van der Waals surface area contributed by atoms with Crippen molar-refractivity contribution in [3.63, 3.8) is 0 Å². The second-order valence-corrected chi connectivity index (χ2v) is 38.0. The maximum Gasteiger partial charge on any atom is 0.182 e. The third-order valence-corrected chi connectivity index (χ3v) is 29.3. The molecule has 6 aliphatic rings. The van der Waals surface area contributed by atoms with Gasteiger partial charge in [-0.25, -0.2) is 44.9 Å². The van der Waals surface area contributed by atoms with Gasteiger partial charge in [-0.05, 0) is 190 Å². The molecule has 0 bridgehead atoms. The van der Waals surface area contributed by atoms with Gasteiger partial charge in [0.1, 0.15) is 39.7 Å². The van der Waals surface area contributed by atoms with Crippen LogP contribution in [0.2, 0.25) is 0 Å². The van der Waals surface area contributed by atoms with Crippen LogP contribution in [0.4, 0.5) is 34.1 Å². The van der Waals surface area contributed by atoms with E-state index in [9.17, 15) is 0 Å². The summed E-state index contributed by atoms with van der Waals surface area (Å²) in [7, 11) is 0. The molecule has 0 spiro atoms. The maximum absolute atomic E-state index is 6.62. The molecule has 30 rings (SSSR count). The van der Waals surface area contributed by atoms with Crippen LogP contribution in [0.5, 0.6) is 0 Å². The Labute approximate surface area is 863 Å². The largest absolute Gasteiger partial charge is 0.456 e. The van der Waals surface area contributed by atoms with Gasteiger partial charge in [0.2, 0.25) is 0 Å². The third kappa shape index (κ3) is 15.8. The Morgan fingerprint density at radius 2 is 0.473 bits per heavy atom. The Kier molecular flexibility index (Phi) is 21.8. The average molecular weight is 1930 g/mol. The summed E-state index contributed by atoms with van der Waals surface area (Å²) in [6.45, 7) is 0. The van der Waals surface area contributed by atoms with E-state index in [2.05, 4.69) is 382 Å². The van der Waals surface area contributed by atoms with Gasteiger partial charge in [-0.1, -0.05) is 322 Å². The normalized spacial score (nSPS) is 15.9. The van der Waals surface area contributed by atoms with Crippen molar-refractivity contribution in [1.29, 1.82) is 0 Å². The molecule has 6 unspecified atom stereocenters. The van der Waals surface area contributed by atoms with E-state index in [0.29, 0.717) is 58.1 Å². The number of para-hydroxylation sites is 6. The highest BCUT2D eigenvalue weighted by Gasteiger charge is 2.47. The molecule has 18 nitrogen and oxygen atoms in total. The number of hydrogen-bond acceptors (Lipinski definition) is 18. The van der Waals surface area contributed by atoms with E-state index in [-0.39, 0.29) is 35.9 Å². The highest BCUT2D eigenvalue weighted by Crippen LogP contribution is 2.58. The zero-order valence-electron chi connectivity index (χ0n) is 80.7. The van der Waals surface area contributed by atoms with Crippen molar-refractivity contribution in [2.45, 2.75) is 35.9 Å². The predicted molar refractivity (Wildman–Crippen MR) is 596 cm³/mol. The summed E-state index contributed by atoms with van der Waals surface area (Å²) < 4.78 is 19.9. The van der Waals surface area contributed by atoms with Crippen LogP contribution < -0.4 is 14.7 Å². The molecule has 24 aromatic rings. The highest BCUT2D eigenvalue weighted by atomic mass is 16.3. The first-order valence-corrected chi connectivity index (χ1v) is 50.4. The smallest absolute Gasteiger partial charge is 0.182 e. The summed E-state index contributed by atoms with van der Waals surface area (Å²) in [5.74, 6) is 8.24. The molecule has 0 fully saturated rings. The van der Waals surface area contributed by atoms with Gasteiger partial charge in [-0.2, -0.15) is 0 Å². The molecule has 0 amide bonds. The molecule has 3 aliphatic heterocycles. The number of rotatable bonds is 15. The van der Waals surface area contributed by atoms with Gasteiger partial charge in [-0.15, -0.1) is 0 Å². The lowest BCUT2D eigenvalue weighted by Gasteiger charge is -2.30. The number of nitrogens with zero attached hydrogens (tertiary/aromatic N) is 15. The quantitative estimate of drug-likeness (QED) is 0.0936. The van der Waals surface area contributed by atoms with Crippen molar-refractivity contribution in [3.05, 3.63) is 525 Å². The van der Waals surface area contributed by atoms with Gasteiger partial charge in [0.15, 0.2) is 52.4 Å². The predicted octanol–water partition coefficient (Wildman–Crippen LogP) is 31.1. The first-order valence-electron chi connectivity index (χ1n) is 50.4. The Bertz CT molecular complexity index is 9020. The molecule has 9 aromatic heterocycles. The van der Waals surface area contributed by atoms with Crippen LogP contribution in [0.3, 0.4) is 0 Å². The Balaban J connectivity index is 0.000000108. The number of pyridine rings is 3. The van der Waals surface area contributed by atoms with Crippen molar-refractivity contribution in [3.8, 4) is 136 Å². The summed E-state index contributed by atoms with van der Waals surface area (Å²) in [5.41, 5.74) is 31.6. The molecule has 3 aliphatic carbocycles. The van der Waals surface area contributed by atoms with Gasteiger partial charge in [-0.3, -0.25) is 15.0 Å². The molecule has 18 heteroatoms. The lowest BCUT2D eigenvalue weighted by atomic mass is 9.82. The zero-order chi connectivity index (χ0) is 99.1. The van der Waals surface area contributed by atoms with Crippen molar-refractivity contribution >= 4 is 85.3 Å². The monoisotopic (exact) mass is 1930 g/mol. The number of benzene rings is 15. The van der Waals surface area contributed by atoms with E-state index in [0.717, 1.165) is 128 Å². The molecule has 15 aromatic carbocycles. The van der Waals surface area contributed by atoms with Crippen molar-refractivity contribution < 1.29 is 13.3 Å². The minimum atomic E-state index is 0.134. The van der Waals surface area contributed by atoms with E-state index in [1.807, 2.05) is 109 Å². The summed E-state index contributed by atoms with van der Waals surface area (Å²) in [6, 6.07) is 147. The topological polar surface area (TPSA) is 204 Å². The maximum atomic E-state index is 6.62. The van der Waals surface area contributed by atoms with Crippen LogP contribution in [-0.2, 0) is 0 Å². The van der Waals surface area contributed by atoms with Gasteiger partial charge in [0.25, 0.3) is 0 Å². The van der Waals surface area contributed by atoms with E-state index in [1.54, 1.807) is 31.0 Å². The lowest BCUT2D eigenvalue weighted by molar-refractivity contribution is 0.584. The van der Waals surface area contributed by atoms with Crippen LogP contribution in [0.25, 0.3) is 187 Å². The van der Waals surface area contributed by atoms with Crippen molar-refractivity contribution in [1.82, 2.24) is 59.8 Å². The fourth-order valence-corrected chi connectivity index (χ4v) is 22.5. The van der Waals surface area contributed by atoms with Crippen molar-refractivity contribution in [2.24, 2.45) is 0 Å². The molecule has 0 N–H and O–H groups in total. The molecule has 12 heterocycles. The summed E-state index contributed by atoms with van der Waals surface area (Å²) >= 11 is 0. The van der Waals surface area contributed by atoms with Gasteiger partial charge in [0, 0.05) is 160 Å². The number of furan rings is 3. The Morgan fingerprint density at radius 1 is 0.200 bits per heavy atom. The fraction of sp³-hybridized carbons (Fsp3) is 0.0455. The number of fused-ring (bicyclic) bond motifs is 21. The van der Waals surface area contributed by atoms with Gasteiger partial charge < -0.3 is 28.0 Å². The minimum absolute atomic E-state index is 0.134. The second kappa shape index (κ2) is 37.3. The van der Waals surface area contributed by atoms with Crippen LogP contribution in [0.1, 0.15) is 68.4 Å². The zero-order valence-corrected chi connectivity index (χ0v) is 80.7. The molecule has 0 saturated carbocycles. The molecular weight excluding hydrogens is 1840 g/mol. The molecule has 6 atom stereocenters. The molecule has 150 heavy (non-hydrogen) atoms. The summed E-state index contributed by atoms with van der Waals surface area (Å²) in [4.78, 5) is 65.3. The van der Waals surface area contributed by atoms with E-state index in [1.165, 1.54) is 67.5 Å². The Morgan fingerprint density at radius 3 is 0.820 bits per heavy atom. The van der Waals surface area contributed by atoms with Crippen molar-refractivity contribution in [2.75, 3.05) is 14.7 Å². The number of anilines is 6. The van der Waals surface area contributed by atoms with Crippen LogP contribution in [0, 0.1) is 0 Å². The molecule has 0 saturated heterocycles. The molecule has 0 radical (unpaired) electrons. The average Bonchev–Trinajstić information content (AvgIpc) is 1.56. The van der Waals surface area contributed by atoms with E-state index >= 15 is 0 Å². The van der Waals surface area contributed by atoms with E-state index < -0.39 is 0 Å². The first kappa shape index (κ1) is 87.8. The molecular formula is C132H87N15O3. The lowest BCUT2D eigenvalue weighted by Crippen LogP contribution is -2.30. The summed E-state index contributed by atoms with van der Waals surface area (Å²) in [5, 5.41) is 3.30. The minimum Gasteiger partial charge on any atom is -0.456 e. The summed E-state index contributed by atoms with van der Waals surface area (Å²) in [6.07, 6.45) is 22.1. The number of aromatic nitrogens is 12. The van der Waals surface area contributed by atoms with Gasteiger partial charge >= 0.3 is 0 Å². The van der Waals surface area contributed by atoms with E-state index in [4.69, 9.17) is 58.1 Å². The van der Waals surface area contributed by atoms with Crippen LogP contribution in [0.15, 0.2) is 487 Å². The van der Waals surface area contributed by atoms with Gasteiger partial charge in [0.05, 0.1) is 18.1 Å². The first-order chi connectivity index (χ1) is 74.3. The SMILES string of the molecule is C1=CC2C(c3ccccc3N2c2ccccc2)c2c1oc1cc(-c3nc(-c4ccc(-c5ccccc5)cc4)nc(-c4cccnc4)n3)ccc21.C1=CC2C(c3ccccc3N2c2ccccc2)c2c1oc1cc(-c3nc(-c4cccc(-c5ccccc5)c4)nc(-c4ccccn4)n3)ccc21.C1=CC2C(c3ccccc3N2c2ccccc2)c2c1oc1cc(-c3nc(-c4cccnc4)nc(-c4cccc(-c5ccccc5)c4)n3)ccc21. The second-order valence-electron chi connectivity index (χ2n) is 38.0. The third-order valence-electron chi connectivity index (χ3n) is 29.3. The fourth-order valence-electron chi connectivity index (χ4n) is 22.5. The molecule has 708 valence electrons. The standard InChI is InChI=1S/3C44H29N5O/c1-3-11-28(12-4-1)29-13-9-14-30(25-29)42-46-43(48-44(47-42)32-15-10-24-45-27-32)31-20-21-35-39(26-31)50-38-23-22-37-40(41(35)38)34-18-7-8-19-36(34)49(37)33-16-5-2-6-17-33;1-3-12-28(13-4-1)29-14-11-15-30(26-29)42-46-43(48-44(47-42)35-19-9-10-25-45-35)31-21-22-34-39(27-31)50-38-24-23-37-40(41(34)38)33-18-7-8-20-36(33)49(37)32-16-5-2-6-17-32;1-3-10-28(11-4-1)29-17-19-30(20-18-29)42-46-43(48-44(47-42)32-12-9-25-45-27-32)31-21-22-35-39(26-31)50-38-24-23-37-40(41(35)38)34-15-7-8-16-36(34)49(37)33-13-5-2-6-14-33/h3*1-27,37,40H.